The molecule has 1 aliphatic rings. The van der Waals surface area contributed by atoms with Gasteiger partial charge >= 0.3 is 0 Å². The van der Waals surface area contributed by atoms with Gasteiger partial charge in [-0.15, -0.1) is 0 Å². The van der Waals surface area contributed by atoms with Crippen molar-refractivity contribution in [3.05, 3.63) is 28.8 Å². The summed E-state index contributed by atoms with van der Waals surface area (Å²) in [4.78, 5) is 0. The second-order valence-corrected chi connectivity index (χ2v) is 2.84. The first-order valence-corrected chi connectivity index (χ1v) is 3.70. The van der Waals surface area contributed by atoms with Crippen LogP contribution in [0.2, 0.25) is 5.02 Å². The van der Waals surface area contributed by atoms with Gasteiger partial charge in [-0.2, -0.15) is 0 Å². The van der Waals surface area contributed by atoms with Crippen LogP contribution in [-0.4, -0.2) is 6.54 Å². The molecule has 1 radical (unpaired) electrons. The molecule has 0 bridgehead atoms. The van der Waals surface area contributed by atoms with E-state index in [2.05, 4.69) is 5.32 Å². The topological polar surface area (TPSA) is 14.1 Å². The molecule has 0 spiro atoms. The summed E-state index contributed by atoms with van der Waals surface area (Å²) in [6.45, 7) is 0.926. The van der Waals surface area contributed by atoms with Gasteiger partial charge in [0.25, 0.3) is 0 Å². The maximum absolute atomic E-state index is 5.78. The molecule has 0 aliphatic carbocycles. The van der Waals surface area contributed by atoms with Crippen molar-refractivity contribution in [3.63, 3.8) is 0 Å². The van der Waals surface area contributed by atoms with E-state index in [1.165, 1.54) is 5.56 Å². The number of hydrogen-bond donors (Lipinski definition) is 0. The van der Waals surface area contributed by atoms with Crippen LogP contribution < -0.4 is 5.32 Å². The first-order chi connectivity index (χ1) is 4.86. The van der Waals surface area contributed by atoms with Crippen LogP contribution in [0, 0.1) is 0 Å². The minimum Gasteiger partial charge on any atom is -0.285 e. The first kappa shape index (κ1) is 6.05. The van der Waals surface area contributed by atoms with Crippen molar-refractivity contribution in [1.82, 2.24) is 5.32 Å². The Morgan fingerprint density at radius 1 is 1.40 bits per heavy atom. The lowest BCUT2D eigenvalue weighted by molar-refractivity contribution is 0.909. The van der Waals surface area contributed by atoms with Crippen LogP contribution in [0.15, 0.2) is 18.2 Å². The van der Waals surface area contributed by atoms with Crippen molar-refractivity contribution in [2.24, 2.45) is 0 Å². The van der Waals surface area contributed by atoms with E-state index in [1.807, 2.05) is 18.2 Å². The van der Waals surface area contributed by atoms with Crippen molar-refractivity contribution < 1.29 is 0 Å². The Morgan fingerprint density at radius 2 is 2.30 bits per heavy atom. The normalized spacial score (nSPS) is 14.5. The monoisotopic (exact) mass is 152 g/mol. The Kier molecular flexibility index (Phi) is 1.31. The molecule has 0 aromatic heterocycles. The third-order valence-electron chi connectivity index (χ3n) is 1.70. The molecule has 0 amide bonds. The van der Waals surface area contributed by atoms with Gasteiger partial charge in [0.2, 0.25) is 0 Å². The van der Waals surface area contributed by atoms with Crippen LogP contribution in [0.1, 0.15) is 5.56 Å². The van der Waals surface area contributed by atoms with Gasteiger partial charge in [-0.05, 0) is 30.2 Å². The number of fused-ring (bicyclic) bond motifs is 1. The fourth-order valence-corrected chi connectivity index (χ4v) is 1.40. The minimum absolute atomic E-state index is 0.816. The zero-order valence-corrected chi connectivity index (χ0v) is 6.23. The van der Waals surface area contributed by atoms with Crippen LogP contribution in [-0.2, 0) is 6.42 Å². The van der Waals surface area contributed by atoms with E-state index in [1.54, 1.807) is 0 Å². The second kappa shape index (κ2) is 2.17. The van der Waals surface area contributed by atoms with Crippen molar-refractivity contribution >= 4 is 17.3 Å². The zero-order chi connectivity index (χ0) is 6.97. The Hall–Kier alpha value is -0.690. The van der Waals surface area contributed by atoms with Gasteiger partial charge in [0.05, 0.1) is 5.69 Å². The third kappa shape index (κ3) is 0.868. The maximum atomic E-state index is 5.78. The largest absolute Gasteiger partial charge is 0.285 e. The number of nitrogens with zero attached hydrogens (tertiary/aromatic N) is 1. The van der Waals surface area contributed by atoms with E-state index < -0.39 is 0 Å². The van der Waals surface area contributed by atoms with Gasteiger partial charge in [0.15, 0.2) is 0 Å². The molecule has 2 rings (SSSR count). The highest BCUT2D eigenvalue weighted by atomic mass is 35.5. The summed E-state index contributed by atoms with van der Waals surface area (Å²) < 4.78 is 0. The number of halogens is 1. The molecular weight excluding hydrogens is 146 g/mol. The van der Waals surface area contributed by atoms with Gasteiger partial charge in [0, 0.05) is 11.6 Å². The number of hydrogen-bond acceptors (Lipinski definition) is 0. The average molecular weight is 153 g/mol. The molecule has 1 nitrogen and oxygen atoms in total. The van der Waals surface area contributed by atoms with Gasteiger partial charge in [-0.25, -0.2) is 0 Å². The summed E-state index contributed by atoms with van der Waals surface area (Å²) in [5.41, 5.74) is 2.40. The predicted molar refractivity (Wildman–Crippen MR) is 41.8 cm³/mol. The summed E-state index contributed by atoms with van der Waals surface area (Å²) in [7, 11) is 0. The predicted octanol–water partition coefficient (Wildman–Crippen LogP) is 2.13. The van der Waals surface area contributed by atoms with Gasteiger partial charge in [0.1, 0.15) is 0 Å². The van der Waals surface area contributed by atoms with Crippen LogP contribution >= 0.6 is 11.6 Å². The van der Waals surface area contributed by atoms with Crippen molar-refractivity contribution in [2.45, 2.75) is 6.42 Å². The van der Waals surface area contributed by atoms with E-state index in [0.29, 0.717) is 0 Å². The maximum Gasteiger partial charge on any atom is 0.0608 e. The Labute approximate surface area is 65.0 Å². The Balaban J connectivity index is 2.52. The Bertz CT molecular complexity index is 257. The smallest absolute Gasteiger partial charge is 0.0608 e. The molecule has 0 fully saturated rings. The summed E-state index contributed by atoms with van der Waals surface area (Å²) in [6, 6.07) is 5.85. The van der Waals surface area contributed by atoms with Crippen LogP contribution in [0.5, 0.6) is 0 Å². The molecule has 0 unspecified atom stereocenters. The lowest BCUT2D eigenvalue weighted by atomic mass is 10.2. The summed E-state index contributed by atoms with van der Waals surface area (Å²) >= 11 is 5.78. The number of rotatable bonds is 0. The van der Waals surface area contributed by atoms with Gasteiger partial charge < -0.3 is 0 Å². The molecule has 1 aliphatic heterocycles. The molecule has 1 aromatic rings. The van der Waals surface area contributed by atoms with E-state index in [9.17, 15) is 0 Å². The molecule has 2 heteroatoms. The molecule has 51 valence electrons. The summed E-state index contributed by atoms with van der Waals surface area (Å²) in [6.07, 6.45) is 1.05. The Morgan fingerprint density at radius 3 is 3.20 bits per heavy atom. The highest BCUT2D eigenvalue weighted by Crippen LogP contribution is 2.24. The second-order valence-electron chi connectivity index (χ2n) is 2.40. The zero-order valence-electron chi connectivity index (χ0n) is 5.47. The molecule has 1 heterocycles. The molecule has 10 heavy (non-hydrogen) atoms. The van der Waals surface area contributed by atoms with Crippen LogP contribution in [0.3, 0.4) is 0 Å². The fourth-order valence-electron chi connectivity index (χ4n) is 1.21. The van der Waals surface area contributed by atoms with E-state index >= 15 is 0 Å². The van der Waals surface area contributed by atoms with Crippen molar-refractivity contribution in [2.75, 3.05) is 6.54 Å². The molecule has 0 N–H and O–H groups in total. The van der Waals surface area contributed by atoms with Crippen molar-refractivity contribution in [1.29, 1.82) is 0 Å². The van der Waals surface area contributed by atoms with E-state index in [-0.39, 0.29) is 0 Å². The SMILES string of the molecule is Clc1ccc2c(c1)CC[N]2. The molecule has 0 saturated carbocycles. The molecular formula is C8H7ClN. The average Bonchev–Trinajstić information content (AvgIpc) is 2.33. The lowest BCUT2D eigenvalue weighted by Crippen LogP contribution is -1.88. The van der Waals surface area contributed by atoms with E-state index in [0.717, 1.165) is 23.7 Å². The third-order valence-corrected chi connectivity index (χ3v) is 1.94. The lowest BCUT2D eigenvalue weighted by Gasteiger charge is -1.95. The molecule has 0 atom stereocenters. The summed E-state index contributed by atoms with van der Waals surface area (Å²) in [5.74, 6) is 0. The van der Waals surface area contributed by atoms with E-state index in [4.69, 9.17) is 11.6 Å². The van der Waals surface area contributed by atoms with Crippen molar-refractivity contribution in [3.8, 4) is 0 Å². The first-order valence-electron chi connectivity index (χ1n) is 3.32. The number of benzene rings is 1. The highest BCUT2D eigenvalue weighted by Gasteiger charge is 2.10. The molecule has 1 aromatic carbocycles. The van der Waals surface area contributed by atoms with Gasteiger partial charge in [-0.1, -0.05) is 11.6 Å². The minimum atomic E-state index is 0.816. The van der Waals surface area contributed by atoms with Gasteiger partial charge in [-0.3, -0.25) is 5.32 Å². The molecule has 0 saturated heterocycles. The van der Waals surface area contributed by atoms with Crippen LogP contribution in [0.4, 0.5) is 5.69 Å². The standard InChI is InChI=1S/C8H7ClN/c9-7-1-2-8-6(5-7)3-4-10-8/h1-2,5H,3-4H2. The fraction of sp³-hybridized carbons (Fsp3) is 0.250. The highest BCUT2D eigenvalue weighted by molar-refractivity contribution is 6.30. The quantitative estimate of drug-likeness (QED) is 0.541. The summed E-state index contributed by atoms with van der Waals surface area (Å²) in [5, 5.41) is 5.10. The van der Waals surface area contributed by atoms with Crippen LogP contribution in [0.25, 0.3) is 0 Å².